The zero-order valence-electron chi connectivity index (χ0n) is 8.86. The van der Waals surface area contributed by atoms with Crippen molar-refractivity contribution in [3.8, 4) is 6.07 Å². The van der Waals surface area contributed by atoms with Crippen LogP contribution in [0.15, 0.2) is 18.5 Å². The van der Waals surface area contributed by atoms with E-state index >= 15 is 0 Å². The summed E-state index contributed by atoms with van der Waals surface area (Å²) in [5, 5.41) is 12.1. The molecule has 1 aliphatic heterocycles. The monoisotopic (exact) mass is 220 g/mol. The molecular formula is C11H13FN4. The van der Waals surface area contributed by atoms with Crippen LogP contribution in [0.1, 0.15) is 5.56 Å². The van der Waals surface area contributed by atoms with Crippen molar-refractivity contribution in [1.29, 1.82) is 5.26 Å². The smallest absolute Gasteiger partial charge is 0.141 e. The SMILES string of the molecule is N#CC1CNCCN1Cc1cncc(F)c1. The topological polar surface area (TPSA) is 52.0 Å². The fourth-order valence-corrected chi connectivity index (χ4v) is 1.84. The van der Waals surface area contributed by atoms with Crippen LogP contribution in [0.2, 0.25) is 0 Å². The molecule has 1 saturated heterocycles. The number of piperazine rings is 1. The molecule has 1 aromatic rings. The first-order chi connectivity index (χ1) is 7.79. The lowest BCUT2D eigenvalue weighted by Crippen LogP contribution is -2.49. The fraction of sp³-hybridized carbons (Fsp3) is 0.455. The van der Waals surface area contributed by atoms with Crippen LogP contribution < -0.4 is 5.32 Å². The van der Waals surface area contributed by atoms with Gasteiger partial charge in [0.25, 0.3) is 0 Å². The van der Waals surface area contributed by atoms with Gasteiger partial charge in [0.2, 0.25) is 0 Å². The molecule has 0 bridgehead atoms. The van der Waals surface area contributed by atoms with Crippen LogP contribution in [-0.2, 0) is 6.54 Å². The lowest BCUT2D eigenvalue weighted by molar-refractivity contribution is 0.189. The maximum atomic E-state index is 12.9. The summed E-state index contributed by atoms with van der Waals surface area (Å²) < 4.78 is 12.9. The Morgan fingerprint density at radius 3 is 3.25 bits per heavy atom. The minimum absolute atomic E-state index is 0.142. The highest BCUT2D eigenvalue weighted by molar-refractivity contribution is 5.11. The van der Waals surface area contributed by atoms with E-state index in [9.17, 15) is 4.39 Å². The second kappa shape index (κ2) is 5.01. The Labute approximate surface area is 93.7 Å². The van der Waals surface area contributed by atoms with Gasteiger partial charge in [-0.1, -0.05) is 0 Å². The van der Waals surface area contributed by atoms with Crippen LogP contribution in [0.3, 0.4) is 0 Å². The van der Waals surface area contributed by atoms with Crippen molar-refractivity contribution in [1.82, 2.24) is 15.2 Å². The van der Waals surface area contributed by atoms with Gasteiger partial charge in [-0.15, -0.1) is 0 Å². The molecule has 4 nitrogen and oxygen atoms in total. The van der Waals surface area contributed by atoms with Crippen LogP contribution >= 0.6 is 0 Å². The summed E-state index contributed by atoms with van der Waals surface area (Å²) >= 11 is 0. The van der Waals surface area contributed by atoms with Crippen molar-refractivity contribution in [2.75, 3.05) is 19.6 Å². The summed E-state index contributed by atoms with van der Waals surface area (Å²) in [5.41, 5.74) is 0.808. The standard InChI is InChI=1S/C11H13FN4/c12-10-3-9(5-15-6-10)8-16-2-1-14-7-11(16)4-13/h3,5-6,11,14H,1-2,7-8H2. The summed E-state index contributed by atoms with van der Waals surface area (Å²) in [6.07, 6.45) is 2.82. The second-order valence-electron chi connectivity index (χ2n) is 3.83. The highest BCUT2D eigenvalue weighted by Crippen LogP contribution is 2.10. The molecule has 0 spiro atoms. The van der Waals surface area contributed by atoms with E-state index in [2.05, 4.69) is 16.4 Å². The summed E-state index contributed by atoms with van der Waals surface area (Å²) in [4.78, 5) is 5.84. The van der Waals surface area contributed by atoms with E-state index in [1.807, 2.05) is 4.90 Å². The first-order valence-corrected chi connectivity index (χ1v) is 5.23. The Morgan fingerprint density at radius 2 is 2.50 bits per heavy atom. The summed E-state index contributed by atoms with van der Waals surface area (Å²) in [6, 6.07) is 3.56. The first-order valence-electron chi connectivity index (χ1n) is 5.23. The third-order valence-electron chi connectivity index (χ3n) is 2.65. The molecule has 1 atom stereocenters. The van der Waals surface area contributed by atoms with Gasteiger partial charge in [-0.05, 0) is 11.6 Å². The van der Waals surface area contributed by atoms with Gasteiger partial charge in [0.15, 0.2) is 0 Å². The highest BCUT2D eigenvalue weighted by atomic mass is 19.1. The Hall–Kier alpha value is -1.51. The van der Waals surface area contributed by atoms with Crippen LogP contribution in [0.5, 0.6) is 0 Å². The Bertz CT molecular complexity index is 401. The molecule has 0 saturated carbocycles. The van der Waals surface area contributed by atoms with Crippen LogP contribution in [0, 0.1) is 17.1 Å². The predicted octanol–water partition coefficient (Wildman–Crippen LogP) is 0.518. The lowest BCUT2D eigenvalue weighted by atomic mass is 10.1. The number of hydrogen-bond acceptors (Lipinski definition) is 4. The summed E-state index contributed by atoms with van der Waals surface area (Å²) in [5.74, 6) is -0.332. The third kappa shape index (κ3) is 2.54. The van der Waals surface area contributed by atoms with E-state index in [1.54, 1.807) is 6.20 Å². The lowest BCUT2D eigenvalue weighted by Gasteiger charge is -2.31. The third-order valence-corrected chi connectivity index (χ3v) is 2.65. The van der Waals surface area contributed by atoms with Crippen molar-refractivity contribution in [2.24, 2.45) is 0 Å². The molecular weight excluding hydrogens is 207 g/mol. The van der Waals surface area contributed by atoms with Gasteiger partial charge in [-0.3, -0.25) is 9.88 Å². The van der Waals surface area contributed by atoms with Crippen molar-refractivity contribution >= 4 is 0 Å². The molecule has 1 fully saturated rings. The molecule has 0 amide bonds. The molecule has 0 aromatic carbocycles. The van der Waals surface area contributed by atoms with Gasteiger partial charge in [0.1, 0.15) is 11.9 Å². The molecule has 1 N–H and O–H groups in total. The van der Waals surface area contributed by atoms with Gasteiger partial charge in [0.05, 0.1) is 12.3 Å². The Morgan fingerprint density at radius 1 is 1.62 bits per heavy atom. The molecule has 2 rings (SSSR count). The molecule has 1 unspecified atom stereocenters. The van der Waals surface area contributed by atoms with Crippen molar-refractivity contribution in [3.05, 3.63) is 29.8 Å². The number of hydrogen-bond donors (Lipinski definition) is 1. The van der Waals surface area contributed by atoms with Gasteiger partial charge in [-0.2, -0.15) is 5.26 Å². The number of nitrogens with one attached hydrogen (secondary N) is 1. The molecule has 1 aliphatic rings. The average Bonchev–Trinajstić information content (AvgIpc) is 2.30. The minimum atomic E-state index is -0.332. The van der Waals surface area contributed by atoms with E-state index < -0.39 is 0 Å². The van der Waals surface area contributed by atoms with Crippen LogP contribution in [-0.4, -0.2) is 35.6 Å². The van der Waals surface area contributed by atoms with Gasteiger partial charge >= 0.3 is 0 Å². The van der Waals surface area contributed by atoms with Crippen molar-refractivity contribution in [2.45, 2.75) is 12.6 Å². The molecule has 2 heterocycles. The number of aromatic nitrogens is 1. The van der Waals surface area contributed by atoms with Crippen LogP contribution in [0.25, 0.3) is 0 Å². The largest absolute Gasteiger partial charge is 0.313 e. The zero-order valence-corrected chi connectivity index (χ0v) is 8.86. The Kier molecular flexibility index (Phi) is 3.44. The average molecular weight is 220 g/mol. The maximum absolute atomic E-state index is 12.9. The first kappa shape index (κ1) is 11.0. The molecule has 0 radical (unpaired) electrons. The summed E-state index contributed by atoms with van der Waals surface area (Å²) in [7, 11) is 0. The van der Waals surface area contributed by atoms with E-state index in [0.717, 1.165) is 18.7 Å². The summed E-state index contributed by atoms with van der Waals surface area (Å²) in [6.45, 7) is 2.90. The fourth-order valence-electron chi connectivity index (χ4n) is 1.84. The van der Waals surface area contributed by atoms with E-state index in [4.69, 9.17) is 5.26 Å². The van der Waals surface area contributed by atoms with Crippen LogP contribution in [0.4, 0.5) is 4.39 Å². The quantitative estimate of drug-likeness (QED) is 0.789. The highest BCUT2D eigenvalue weighted by Gasteiger charge is 2.21. The molecule has 0 aliphatic carbocycles. The normalized spacial score (nSPS) is 21.6. The molecule has 1 aromatic heterocycles. The number of nitrogens with zero attached hydrogens (tertiary/aromatic N) is 3. The molecule has 84 valence electrons. The molecule has 16 heavy (non-hydrogen) atoms. The number of rotatable bonds is 2. The van der Waals surface area contributed by atoms with E-state index in [0.29, 0.717) is 13.1 Å². The van der Waals surface area contributed by atoms with Crippen molar-refractivity contribution in [3.63, 3.8) is 0 Å². The van der Waals surface area contributed by atoms with Gasteiger partial charge in [-0.25, -0.2) is 4.39 Å². The van der Waals surface area contributed by atoms with E-state index in [1.165, 1.54) is 12.3 Å². The predicted molar refractivity (Wildman–Crippen MR) is 56.9 cm³/mol. The van der Waals surface area contributed by atoms with E-state index in [-0.39, 0.29) is 11.9 Å². The maximum Gasteiger partial charge on any atom is 0.141 e. The number of nitriles is 1. The number of pyridine rings is 1. The molecule has 5 heteroatoms. The second-order valence-corrected chi connectivity index (χ2v) is 3.83. The zero-order chi connectivity index (χ0) is 11.4. The minimum Gasteiger partial charge on any atom is -0.313 e. The van der Waals surface area contributed by atoms with Crippen molar-refractivity contribution < 1.29 is 4.39 Å². The Balaban J connectivity index is 2.05. The van der Waals surface area contributed by atoms with Gasteiger partial charge in [0, 0.05) is 32.4 Å². The number of halogens is 1. The van der Waals surface area contributed by atoms with Gasteiger partial charge < -0.3 is 5.32 Å².